The molecular weight excluding hydrogens is 346 g/mol. The molecular formula is C20H22N3O4+. The number of carbonyl (C=O) groups is 3. The summed E-state index contributed by atoms with van der Waals surface area (Å²) in [6.07, 6.45) is 0.156. The molecule has 27 heavy (non-hydrogen) atoms. The van der Waals surface area contributed by atoms with Gasteiger partial charge in [-0.2, -0.15) is 0 Å². The zero-order valence-electron chi connectivity index (χ0n) is 15.7. The van der Waals surface area contributed by atoms with Crippen molar-refractivity contribution >= 4 is 34.2 Å². The first-order valence-electron chi connectivity index (χ1n) is 8.93. The second kappa shape index (κ2) is 6.06. The van der Waals surface area contributed by atoms with Crippen LogP contribution in [0.3, 0.4) is 0 Å². The second-order valence-electron chi connectivity index (χ2n) is 7.86. The van der Waals surface area contributed by atoms with E-state index in [9.17, 15) is 14.4 Å². The lowest BCUT2D eigenvalue weighted by Crippen LogP contribution is -2.50. The van der Waals surface area contributed by atoms with Gasteiger partial charge >= 0.3 is 5.97 Å². The van der Waals surface area contributed by atoms with Crippen LogP contribution in [0.25, 0.3) is 10.8 Å². The van der Waals surface area contributed by atoms with Crippen molar-refractivity contribution in [3.05, 3.63) is 41.5 Å². The molecule has 0 saturated carbocycles. The first-order chi connectivity index (χ1) is 12.8. The number of hydrogen-bond donors (Lipinski definition) is 0. The molecule has 7 nitrogen and oxygen atoms in total. The Morgan fingerprint density at radius 2 is 1.74 bits per heavy atom. The molecule has 1 saturated heterocycles. The third-order valence-corrected chi connectivity index (χ3v) is 5.14. The highest BCUT2D eigenvalue weighted by Crippen LogP contribution is 2.36. The molecule has 2 aliphatic rings. The van der Waals surface area contributed by atoms with Crippen molar-refractivity contribution in [2.24, 2.45) is 0 Å². The lowest BCUT2D eigenvalue weighted by molar-refractivity contribution is -0.904. The lowest BCUT2D eigenvalue weighted by Gasteiger charge is -2.41. The molecule has 1 fully saturated rings. The van der Waals surface area contributed by atoms with E-state index in [1.807, 2.05) is 18.2 Å². The number of hydroxylamine groups is 2. The Labute approximate surface area is 157 Å². The normalized spacial score (nSPS) is 18.8. The van der Waals surface area contributed by atoms with Gasteiger partial charge in [-0.1, -0.05) is 18.2 Å². The average molecular weight is 368 g/mol. The van der Waals surface area contributed by atoms with Crippen molar-refractivity contribution in [3.8, 4) is 0 Å². The molecule has 0 bridgehead atoms. The van der Waals surface area contributed by atoms with Crippen molar-refractivity contribution in [1.82, 2.24) is 5.06 Å². The summed E-state index contributed by atoms with van der Waals surface area (Å²) in [6.45, 7) is 1.75. The van der Waals surface area contributed by atoms with Crippen LogP contribution in [0.15, 0.2) is 30.3 Å². The highest BCUT2D eigenvalue weighted by atomic mass is 16.7. The number of fused-ring (bicyclic) bond motifs is 3. The first-order valence-corrected chi connectivity index (χ1v) is 8.93. The van der Waals surface area contributed by atoms with Crippen LogP contribution in [0.5, 0.6) is 0 Å². The predicted molar refractivity (Wildman–Crippen MR) is 99.5 cm³/mol. The quantitative estimate of drug-likeness (QED) is 0.600. The third kappa shape index (κ3) is 2.94. The number of nitrogens with zero attached hydrogens (tertiary/aromatic N) is 3. The minimum absolute atomic E-state index is 0.0779. The van der Waals surface area contributed by atoms with Gasteiger partial charge in [-0.3, -0.25) is 9.59 Å². The van der Waals surface area contributed by atoms with Crippen LogP contribution >= 0.6 is 0 Å². The minimum atomic E-state index is -0.693. The van der Waals surface area contributed by atoms with Crippen LogP contribution in [-0.2, 0) is 21.0 Å². The number of imide groups is 1. The second-order valence-corrected chi connectivity index (χ2v) is 7.86. The van der Waals surface area contributed by atoms with Gasteiger partial charge in [-0.05, 0) is 22.9 Å². The zero-order chi connectivity index (χ0) is 19.3. The Hall–Kier alpha value is -2.93. The SMILES string of the molecule is CN1C[N+](C)(C)Cc2c1ccc1c(C(=O)ON3C(=O)CCC3=O)cccc21. The lowest BCUT2D eigenvalue weighted by atomic mass is 9.96. The van der Waals surface area contributed by atoms with Gasteiger partial charge in [0.1, 0.15) is 6.54 Å². The van der Waals surface area contributed by atoms with Crippen molar-refractivity contribution in [3.63, 3.8) is 0 Å². The molecule has 2 amide bonds. The Balaban J connectivity index is 1.76. The van der Waals surface area contributed by atoms with Crippen molar-refractivity contribution in [2.45, 2.75) is 19.4 Å². The predicted octanol–water partition coefficient (Wildman–Crippen LogP) is 2.04. The molecule has 0 aliphatic carbocycles. The molecule has 0 aromatic heterocycles. The van der Waals surface area contributed by atoms with Gasteiger partial charge < -0.3 is 14.2 Å². The van der Waals surface area contributed by atoms with Gasteiger partial charge in [0.2, 0.25) is 0 Å². The molecule has 0 atom stereocenters. The van der Waals surface area contributed by atoms with Gasteiger partial charge in [-0.25, -0.2) is 4.79 Å². The number of quaternary nitrogens is 1. The molecule has 2 heterocycles. The third-order valence-electron chi connectivity index (χ3n) is 5.14. The fraction of sp³-hybridized carbons (Fsp3) is 0.350. The van der Waals surface area contributed by atoms with Gasteiger partial charge in [-0.15, -0.1) is 5.06 Å². The molecule has 140 valence electrons. The van der Waals surface area contributed by atoms with E-state index in [0.717, 1.165) is 34.2 Å². The summed E-state index contributed by atoms with van der Waals surface area (Å²) in [4.78, 5) is 43.5. The highest BCUT2D eigenvalue weighted by molar-refractivity contribution is 6.08. The van der Waals surface area contributed by atoms with Crippen LogP contribution in [-0.4, -0.2) is 55.1 Å². The van der Waals surface area contributed by atoms with Gasteiger partial charge in [0.05, 0.1) is 25.3 Å². The van der Waals surface area contributed by atoms with Crippen LogP contribution in [0, 0.1) is 0 Å². The molecule has 7 heteroatoms. The molecule has 0 unspecified atom stereocenters. The molecule has 2 aromatic carbocycles. The van der Waals surface area contributed by atoms with Gasteiger partial charge in [0.15, 0.2) is 6.67 Å². The van der Waals surface area contributed by atoms with E-state index < -0.39 is 17.8 Å². The van der Waals surface area contributed by atoms with Crippen molar-refractivity contribution < 1.29 is 23.7 Å². The fourth-order valence-electron chi connectivity index (χ4n) is 4.03. The Morgan fingerprint density at radius 3 is 2.44 bits per heavy atom. The average Bonchev–Trinajstić information content (AvgIpc) is 2.92. The zero-order valence-corrected chi connectivity index (χ0v) is 15.7. The number of benzene rings is 2. The molecule has 2 aromatic rings. The summed E-state index contributed by atoms with van der Waals surface area (Å²) in [5, 5.41) is 2.34. The smallest absolute Gasteiger partial charge is 0.328 e. The maximum atomic E-state index is 12.7. The fourth-order valence-corrected chi connectivity index (χ4v) is 4.03. The topological polar surface area (TPSA) is 66.9 Å². The van der Waals surface area contributed by atoms with E-state index in [2.05, 4.69) is 26.0 Å². The summed E-state index contributed by atoms with van der Waals surface area (Å²) < 4.78 is 0.814. The Kier molecular flexibility index (Phi) is 3.92. The summed E-state index contributed by atoms with van der Waals surface area (Å²) in [7, 11) is 6.40. The number of rotatable bonds is 2. The number of carbonyl (C=O) groups excluding carboxylic acids is 3. The van der Waals surface area contributed by atoms with Gasteiger partial charge in [0, 0.05) is 25.5 Å². The molecule has 2 aliphatic heterocycles. The van der Waals surface area contributed by atoms with Crippen LogP contribution in [0.2, 0.25) is 0 Å². The molecule has 0 N–H and O–H groups in total. The molecule has 0 radical (unpaired) electrons. The van der Waals surface area contributed by atoms with E-state index in [1.54, 1.807) is 12.1 Å². The van der Waals surface area contributed by atoms with E-state index in [-0.39, 0.29) is 12.8 Å². The van der Waals surface area contributed by atoms with Gasteiger partial charge in [0.25, 0.3) is 11.8 Å². The summed E-state index contributed by atoms with van der Waals surface area (Å²) in [6, 6.07) is 9.38. The molecule has 4 rings (SSSR count). The van der Waals surface area contributed by atoms with Crippen molar-refractivity contribution in [2.75, 3.05) is 32.7 Å². The Bertz CT molecular complexity index is 967. The summed E-state index contributed by atoms with van der Waals surface area (Å²) >= 11 is 0. The van der Waals surface area contributed by atoms with E-state index in [4.69, 9.17) is 4.84 Å². The largest absolute Gasteiger partial charge is 0.364 e. The maximum absolute atomic E-state index is 12.7. The minimum Gasteiger partial charge on any atom is -0.328 e. The number of anilines is 1. The standard InChI is InChI=1S/C20H22N3O4/c1-21-12-23(2,3)11-16-13-5-4-6-15(14(13)7-8-17(16)21)20(26)27-22-18(24)9-10-19(22)25/h4-8H,9-12H2,1-3H3/q+1. The van der Waals surface area contributed by atoms with E-state index in [0.29, 0.717) is 10.6 Å². The monoisotopic (exact) mass is 368 g/mol. The number of amides is 2. The van der Waals surface area contributed by atoms with Crippen molar-refractivity contribution in [1.29, 1.82) is 0 Å². The Morgan fingerprint density at radius 1 is 1.04 bits per heavy atom. The number of hydrogen-bond acceptors (Lipinski definition) is 5. The maximum Gasteiger partial charge on any atom is 0.364 e. The van der Waals surface area contributed by atoms with E-state index >= 15 is 0 Å². The summed E-state index contributed by atoms with van der Waals surface area (Å²) in [5.41, 5.74) is 2.67. The highest BCUT2D eigenvalue weighted by Gasteiger charge is 2.34. The van der Waals surface area contributed by atoms with Crippen LogP contribution < -0.4 is 4.90 Å². The first kappa shape index (κ1) is 17.5. The van der Waals surface area contributed by atoms with Crippen LogP contribution in [0.4, 0.5) is 5.69 Å². The van der Waals surface area contributed by atoms with E-state index in [1.165, 1.54) is 5.56 Å². The van der Waals surface area contributed by atoms with Crippen LogP contribution in [0.1, 0.15) is 28.8 Å². The molecule has 0 spiro atoms. The summed E-state index contributed by atoms with van der Waals surface area (Å²) in [5.74, 6) is -1.65.